The Hall–Kier alpha value is -1.29. The molecule has 106 valence electrons. The molecule has 4 heteroatoms. The minimum atomic E-state index is 0.293. The molecule has 0 spiro atoms. The van der Waals surface area contributed by atoms with Gasteiger partial charge < -0.3 is 9.88 Å². The number of unbranched alkanes of at least 4 members (excludes halogenated alkanes) is 1. The van der Waals surface area contributed by atoms with E-state index in [1.807, 2.05) is 11.0 Å². The van der Waals surface area contributed by atoms with Crippen LogP contribution in [-0.2, 0) is 17.8 Å². The van der Waals surface area contributed by atoms with E-state index in [2.05, 4.69) is 39.1 Å². The van der Waals surface area contributed by atoms with Crippen LogP contribution in [0.1, 0.15) is 30.5 Å². The molecule has 0 radical (unpaired) electrons. The van der Waals surface area contributed by atoms with Crippen molar-refractivity contribution in [3.05, 3.63) is 35.5 Å². The van der Waals surface area contributed by atoms with Gasteiger partial charge >= 0.3 is 0 Å². The fourth-order valence-electron chi connectivity index (χ4n) is 2.91. The van der Waals surface area contributed by atoms with Crippen LogP contribution in [0, 0.1) is 0 Å². The highest BCUT2D eigenvalue weighted by atomic mass is 79.9. The van der Waals surface area contributed by atoms with Gasteiger partial charge in [0.2, 0.25) is 5.91 Å². The quantitative estimate of drug-likeness (QED) is 0.672. The van der Waals surface area contributed by atoms with Crippen LogP contribution >= 0.6 is 15.9 Å². The van der Waals surface area contributed by atoms with Crippen molar-refractivity contribution in [1.82, 2.24) is 9.88 Å². The van der Waals surface area contributed by atoms with E-state index in [0.717, 1.165) is 37.7 Å². The number of nitrogens with zero attached hydrogens (tertiary/aromatic N) is 1. The van der Waals surface area contributed by atoms with Crippen molar-refractivity contribution < 1.29 is 4.79 Å². The molecule has 1 aromatic carbocycles. The number of nitrogens with one attached hydrogen (secondary N) is 1. The summed E-state index contributed by atoms with van der Waals surface area (Å²) in [5, 5.41) is 2.24. The number of aromatic amines is 1. The lowest BCUT2D eigenvalue weighted by molar-refractivity contribution is -0.132. The minimum Gasteiger partial charge on any atom is -0.358 e. The molecule has 0 aliphatic carbocycles. The maximum Gasteiger partial charge on any atom is 0.222 e. The first-order valence-electron chi connectivity index (χ1n) is 7.22. The van der Waals surface area contributed by atoms with E-state index in [0.29, 0.717) is 12.3 Å². The number of hydrogen-bond acceptors (Lipinski definition) is 1. The van der Waals surface area contributed by atoms with Gasteiger partial charge in [0, 0.05) is 53.4 Å². The number of hydrogen-bond donors (Lipinski definition) is 1. The lowest BCUT2D eigenvalue weighted by atomic mass is 10.0. The molecular weight excluding hydrogens is 316 g/mol. The molecule has 2 heterocycles. The Labute approximate surface area is 127 Å². The standard InChI is InChI=1S/C16H19BrN2O/c17-9-4-3-7-16(20)19-10-8-15-13(11-19)12-5-1-2-6-14(12)18-15/h1-2,5-6,18H,3-4,7-11H2. The summed E-state index contributed by atoms with van der Waals surface area (Å²) >= 11 is 3.41. The largest absolute Gasteiger partial charge is 0.358 e. The number of alkyl halides is 1. The number of H-pyrrole nitrogens is 1. The molecule has 20 heavy (non-hydrogen) atoms. The molecule has 1 aromatic heterocycles. The van der Waals surface area contributed by atoms with Crippen LogP contribution in [0.2, 0.25) is 0 Å². The van der Waals surface area contributed by atoms with Crippen LogP contribution in [0.15, 0.2) is 24.3 Å². The maximum atomic E-state index is 12.2. The van der Waals surface area contributed by atoms with Gasteiger partial charge in [0.15, 0.2) is 0 Å². The van der Waals surface area contributed by atoms with E-state index in [-0.39, 0.29) is 0 Å². The molecule has 1 amide bonds. The van der Waals surface area contributed by atoms with Gasteiger partial charge in [0.25, 0.3) is 0 Å². The van der Waals surface area contributed by atoms with Crippen LogP contribution in [0.3, 0.4) is 0 Å². The third kappa shape index (κ3) is 2.62. The van der Waals surface area contributed by atoms with Crippen molar-refractivity contribution in [2.45, 2.75) is 32.2 Å². The van der Waals surface area contributed by atoms with Crippen molar-refractivity contribution in [2.24, 2.45) is 0 Å². The topological polar surface area (TPSA) is 36.1 Å². The highest BCUT2D eigenvalue weighted by molar-refractivity contribution is 9.09. The summed E-state index contributed by atoms with van der Waals surface area (Å²) in [5.74, 6) is 0.293. The summed E-state index contributed by atoms with van der Waals surface area (Å²) in [6, 6.07) is 8.36. The van der Waals surface area contributed by atoms with E-state index in [9.17, 15) is 4.79 Å². The van der Waals surface area contributed by atoms with E-state index < -0.39 is 0 Å². The van der Waals surface area contributed by atoms with Gasteiger partial charge in [-0.1, -0.05) is 34.1 Å². The van der Waals surface area contributed by atoms with Crippen molar-refractivity contribution >= 4 is 32.7 Å². The molecular formula is C16H19BrN2O. The lowest BCUT2D eigenvalue weighted by Crippen LogP contribution is -2.35. The monoisotopic (exact) mass is 334 g/mol. The van der Waals surface area contributed by atoms with E-state index in [1.165, 1.54) is 22.2 Å². The summed E-state index contributed by atoms with van der Waals surface area (Å²) < 4.78 is 0. The molecule has 0 saturated carbocycles. The molecule has 3 rings (SSSR count). The lowest BCUT2D eigenvalue weighted by Gasteiger charge is -2.27. The second kappa shape index (κ2) is 6.00. The van der Waals surface area contributed by atoms with Crippen molar-refractivity contribution in [3.63, 3.8) is 0 Å². The Kier molecular flexibility index (Phi) is 4.10. The first-order valence-corrected chi connectivity index (χ1v) is 8.34. The van der Waals surface area contributed by atoms with Crippen molar-refractivity contribution in [3.8, 4) is 0 Å². The minimum absolute atomic E-state index is 0.293. The molecule has 1 N–H and O–H groups in total. The number of carbonyl (C=O) groups is 1. The molecule has 0 atom stereocenters. The van der Waals surface area contributed by atoms with Gasteiger partial charge in [0.1, 0.15) is 0 Å². The van der Waals surface area contributed by atoms with Gasteiger partial charge in [-0.15, -0.1) is 0 Å². The molecule has 0 saturated heterocycles. The molecule has 0 fully saturated rings. The maximum absolute atomic E-state index is 12.2. The summed E-state index contributed by atoms with van der Waals surface area (Å²) in [4.78, 5) is 17.7. The third-order valence-electron chi connectivity index (χ3n) is 4.01. The highest BCUT2D eigenvalue weighted by Gasteiger charge is 2.23. The zero-order valence-corrected chi connectivity index (χ0v) is 13.1. The van der Waals surface area contributed by atoms with Gasteiger partial charge in [-0.05, 0) is 18.9 Å². The van der Waals surface area contributed by atoms with Crippen LogP contribution in [0.5, 0.6) is 0 Å². The predicted molar refractivity (Wildman–Crippen MR) is 85.1 cm³/mol. The Bertz CT molecular complexity index is 620. The van der Waals surface area contributed by atoms with Crippen LogP contribution < -0.4 is 0 Å². The van der Waals surface area contributed by atoms with E-state index in [4.69, 9.17) is 0 Å². The fraction of sp³-hybridized carbons (Fsp3) is 0.438. The number of halogens is 1. The summed E-state index contributed by atoms with van der Waals surface area (Å²) in [6.45, 7) is 1.60. The normalized spacial score (nSPS) is 14.6. The molecule has 3 nitrogen and oxygen atoms in total. The van der Waals surface area contributed by atoms with Gasteiger partial charge in [-0.25, -0.2) is 0 Å². The Morgan fingerprint density at radius 1 is 1.30 bits per heavy atom. The fourth-order valence-corrected chi connectivity index (χ4v) is 3.30. The Morgan fingerprint density at radius 3 is 3.00 bits per heavy atom. The van der Waals surface area contributed by atoms with Crippen molar-refractivity contribution in [1.29, 1.82) is 0 Å². The number of amides is 1. The number of carbonyl (C=O) groups excluding carboxylic acids is 1. The number of rotatable bonds is 4. The smallest absolute Gasteiger partial charge is 0.222 e. The average molecular weight is 335 g/mol. The van der Waals surface area contributed by atoms with Crippen LogP contribution in [0.25, 0.3) is 10.9 Å². The van der Waals surface area contributed by atoms with Gasteiger partial charge in [-0.3, -0.25) is 4.79 Å². The van der Waals surface area contributed by atoms with Crippen LogP contribution in [0.4, 0.5) is 0 Å². The predicted octanol–water partition coefficient (Wildman–Crippen LogP) is 3.62. The average Bonchev–Trinajstić information content (AvgIpc) is 2.85. The SMILES string of the molecule is O=C(CCCCBr)N1CCc2[nH]c3ccccc3c2C1. The summed E-state index contributed by atoms with van der Waals surface area (Å²) in [7, 11) is 0. The highest BCUT2D eigenvalue weighted by Crippen LogP contribution is 2.27. The van der Waals surface area contributed by atoms with E-state index in [1.54, 1.807) is 0 Å². The number of aromatic nitrogens is 1. The van der Waals surface area contributed by atoms with Crippen molar-refractivity contribution in [2.75, 3.05) is 11.9 Å². The molecule has 1 aliphatic rings. The molecule has 0 unspecified atom stereocenters. The first kappa shape index (κ1) is 13.7. The second-order valence-corrected chi connectivity index (χ2v) is 6.13. The van der Waals surface area contributed by atoms with E-state index >= 15 is 0 Å². The molecule has 0 bridgehead atoms. The summed E-state index contributed by atoms with van der Waals surface area (Å²) in [6.07, 6.45) is 3.65. The Balaban J connectivity index is 1.76. The van der Waals surface area contributed by atoms with Gasteiger partial charge in [0.05, 0.1) is 0 Å². The second-order valence-electron chi connectivity index (χ2n) is 5.34. The zero-order chi connectivity index (χ0) is 13.9. The molecule has 2 aromatic rings. The number of fused-ring (bicyclic) bond motifs is 3. The number of benzene rings is 1. The Morgan fingerprint density at radius 2 is 2.15 bits per heavy atom. The number of para-hydroxylation sites is 1. The van der Waals surface area contributed by atoms with Crippen LogP contribution in [-0.4, -0.2) is 27.7 Å². The molecule has 1 aliphatic heterocycles. The summed E-state index contributed by atoms with van der Waals surface area (Å²) in [5.41, 5.74) is 3.79. The third-order valence-corrected chi connectivity index (χ3v) is 4.57. The first-order chi connectivity index (χ1) is 9.79. The van der Waals surface area contributed by atoms with Gasteiger partial charge in [-0.2, -0.15) is 0 Å². The zero-order valence-electron chi connectivity index (χ0n) is 11.5.